The number of nitrogens with two attached hydrogens (primary N) is 1. The van der Waals surface area contributed by atoms with Crippen LogP contribution in [-0.2, 0) is 17.4 Å². The zero-order valence-electron chi connectivity index (χ0n) is 18.0. The summed E-state index contributed by atoms with van der Waals surface area (Å²) in [6.07, 6.45) is 0. The molecule has 0 spiro atoms. The molecule has 2 amide bonds. The van der Waals surface area contributed by atoms with Gasteiger partial charge in [-0.2, -0.15) is 4.36 Å². The van der Waals surface area contributed by atoms with E-state index in [1.165, 1.54) is 12.1 Å². The molecule has 0 aromatic heterocycles. The second-order valence-electron chi connectivity index (χ2n) is 7.99. The monoisotopic (exact) mass is 418 g/mol. The number of rotatable bonds is 6. The molecular weight excluding hydrogens is 387 g/mol. The lowest BCUT2D eigenvalue weighted by molar-refractivity contribution is 0.260. The summed E-state index contributed by atoms with van der Waals surface area (Å²) < 4.78 is 18.2. The SMILES string of the molecule is CC(C)c1cc(F)cc(C(C)C)c1NC(=O)N=[S@@](N)c1ccc(CN(C)C)cc1. The van der Waals surface area contributed by atoms with Crippen molar-refractivity contribution in [3.05, 3.63) is 58.9 Å². The van der Waals surface area contributed by atoms with E-state index in [-0.39, 0.29) is 17.7 Å². The third kappa shape index (κ3) is 6.45. The molecule has 29 heavy (non-hydrogen) atoms. The second-order valence-corrected chi connectivity index (χ2v) is 9.27. The van der Waals surface area contributed by atoms with Crippen LogP contribution in [0, 0.1) is 5.82 Å². The average molecular weight is 419 g/mol. The van der Waals surface area contributed by atoms with Gasteiger partial charge in [-0.15, -0.1) is 0 Å². The third-order valence-electron chi connectivity index (χ3n) is 4.48. The van der Waals surface area contributed by atoms with E-state index in [0.717, 1.165) is 28.1 Å². The smallest absolute Gasteiger partial charge is 0.305 e. The minimum Gasteiger partial charge on any atom is -0.305 e. The van der Waals surface area contributed by atoms with Crippen molar-refractivity contribution in [2.24, 2.45) is 9.50 Å². The second kappa shape index (κ2) is 10.1. The zero-order valence-corrected chi connectivity index (χ0v) is 18.8. The van der Waals surface area contributed by atoms with E-state index in [2.05, 4.69) is 14.6 Å². The molecule has 3 N–H and O–H groups in total. The first-order valence-corrected chi connectivity index (χ1v) is 10.9. The van der Waals surface area contributed by atoms with E-state index >= 15 is 0 Å². The molecule has 0 fully saturated rings. The van der Waals surface area contributed by atoms with Crippen molar-refractivity contribution < 1.29 is 9.18 Å². The molecule has 0 radical (unpaired) electrons. The van der Waals surface area contributed by atoms with Crippen LogP contribution >= 0.6 is 0 Å². The Hall–Kier alpha value is -2.09. The van der Waals surface area contributed by atoms with E-state index < -0.39 is 16.9 Å². The molecule has 0 aliphatic carbocycles. The lowest BCUT2D eigenvalue weighted by Gasteiger charge is -2.20. The first-order valence-electron chi connectivity index (χ1n) is 9.67. The Morgan fingerprint density at radius 3 is 2.07 bits per heavy atom. The largest absolute Gasteiger partial charge is 0.352 e. The molecule has 2 aromatic rings. The molecule has 158 valence electrons. The van der Waals surface area contributed by atoms with Gasteiger partial charge in [0.1, 0.15) is 5.82 Å². The number of carbonyl (C=O) groups excluding carboxylic acids is 1. The number of benzene rings is 2. The Kier molecular flexibility index (Phi) is 8.07. The number of hydrogen-bond donors (Lipinski definition) is 2. The third-order valence-corrected chi connectivity index (χ3v) is 5.60. The van der Waals surface area contributed by atoms with Gasteiger partial charge in [0.2, 0.25) is 0 Å². The maximum Gasteiger partial charge on any atom is 0.352 e. The summed E-state index contributed by atoms with van der Waals surface area (Å²) in [5.41, 5.74) is 3.29. The normalized spacial score (nSPS) is 12.8. The molecule has 1 atom stereocenters. The number of urea groups is 1. The van der Waals surface area contributed by atoms with E-state index in [4.69, 9.17) is 5.14 Å². The Morgan fingerprint density at radius 2 is 1.62 bits per heavy atom. The number of nitrogens with zero attached hydrogens (tertiary/aromatic N) is 2. The van der Waals surface area contributed by atoms with Crippen LogP contribution < -0.4 is 10.5 Å². The van der Waals surface area contributed by atoms with E-state index in [0.29, 0.717) is 5.69 Å². The van der Waals surface area contributed by atoms with E-state index in [1.807, 2.05) is 66.1 Å². The standard InChI is InChI=1S/C22H31FN4OS/c1-14(2)19-11-17(23)12-20(15(3)4)21(19)25-22(28)26-29(24)18-9-7-16(8-10-18)13-27(5)6/h7-12,14-15H,13H2,1-6H3,(H3,24,25,26,28)/t29-/m1/s1. The van der Waals surface area contributed by atoms with Gasteiger partial charge in [0, 0.05) is 28.0 Å². The van der Waals surface area contributed by atoms with E-state index in [1.54, 1.807) is 0 Å². The Labute approximate surface area is 175 Å². The lowest BCUT2D eigenvalue weighted by Crippen LogP contribution is -2.16. The average Bonchev–Trinajstić information content (AvgIpc) is 2.62. The fourth-order valence-electron chi connectivity index (χ4n) is 3.08. The highest BCUT2D eigenvalue weighted by Gasteiger charge is 2.18. The fraction of sp³-hybridized carbons (Fsp3) is 0.409. The molecule has 0 heterocycles. The summed E-state index contributed by atoms with van der Waals surface area (Å²) in [6, 6.07) is 10.2. The highest BCUT2D eigenvalue weighted by Crippen LogP contribution is 2.33. The van der Waals surface area contributed by atoms with E-state index in [9.17, 15) is 9.18 Å². The van der Waals surface area contributed by atoms with Gasteiger partial charge in [-0.1, -0.05) is 39.8 Å². The van der Waals surface area contributed by atoms with Crippen LogP contribution in [0.3, 0.4) is 0 Å². The number of nitrogens with one attached hydrogen (secondary N) is 1. The molecule has 0 aliphatic rings. The molecular formula is C22H31FN4OS. The molecule has 2 aromatic carbocycles. The summed E-state index contributed by atoms with van der Waals surface area (Å²) in [7, 11) is 2.94. The van der Waals surface area contributed by atoms with Gasteiger partial charge in [0.25, 0.3) is 0 Å². The molecule has 0 unspecified atom stereocenters. The van der Waals surface area contributed by atoms with Gasteiger partial charge < -0.3 is 10.2 Å². The van der Waals surface area contributed by atoms with Crippen molar-refractivity contribution in [2.45, 2.75) is 51.0 Å². The van der Waals surface area contributed by atoms with Gasteiger partial charge >= 0.3 is 6.03 Å². The summed E-state index contributed by atoms with van der Waals surface area (Å²) in [6.45, 7) is 8.70. The first-order chi connectivity index (χ1) is 13.6. The predicted octanol–water partition coefficient (Wildman–Crippen LogP) is 5.40. The van der Waals surface area contributed by atoms with Gasteiger partial charge in [-0.05, 0) is 66.9 Å². The molecule has 0 saturated carbocycles. The van der Waals surface area contributed by atoms with Crippen LogP contribution in [0.4, 0.5) is 14.9 Å². The molecule has 0 saturated heterocycles. The maximum atomic E-state index is 14.1. The minimum absolute atomic E-state index is 0.0545. The maximum absolute atomic E-state index is 14.1. The number of anilines is 1. The Bertz CT molecular complexity index is 863. The van der Waals surface area contributed by atoms with Crippen molar-refractivity contribution >= 4 is 22.6 Å². The summed E-state index contributed by atoms with van der Waals surface area (Å²) in [5.74, 6) is -0.193. The Balaban J connectivity index is 2.28. The minimum atomic E-state index is -1.07. The van der Waals surface area contributed by atoms with Gasteiger partial charge in [-0.3, -0.25) is 5.14 Å². The highest BCUT2D eigenvalue weighted by atomic mass is 32.2. The van der Waals surface area contributed by atoms with Crippen LogP contribution in [0.15, 0.2) is 45.7 Å². The number of hydrogen-bond acceptors (Lipinski definition) is 2. The van der Waals surface area contributed by atoms with Crippen LogP contribution in [0.2, 0.25) is 0 Å². The quantitative estimate of drug-likeness (QED) is 0.660. The number of halogens is 1. The van der Waals surface area contributed by atoms with Gasteiger partial charge in [0.05, 0.1) is 0 Å². The molecule has 0 aliphatic heterocycles. The van der Waals surface area contributed by atoms with Crippen LogP contribution in [0.25, 0.3) is 0 Å². The van der Waals surface area contributed by atoms with Crippen molar-refractivity contribution in [2.75, 3.05) is 19.4 Å². The van der Waals surface area contributed by atoms with Crippen molar-refractivity contribution in [1.29, 1.82) is 0 Å². The topological polar surface area (TPSA) is 70.7 Å². The van der Waals surface area contributed by atoms with Crippen LogP contribution in [0.1, 0.15) is 56.2 Å². The summed E-state index contributed by atoms with van der Waals surface area (Å²) in [5, 5.41) is 9.01. The molecule has 2 rings (SSSR count). The zero-order chi connectivity index (χ0) is 21.7. The number of amides is 2. The fourth-order valence-corrected chi connectivity index (χ4v) is 3.82. The predicted molar refractivity (Wildman–Crippen MR) is 120 cm³/mol. The van der Waals surface area contributed by atoms with Crippen molar-refractivity contribution in [1.82, 2.24) is 4.90 Å². The summed E-state index contributed by atoms with van der Waals surface area (Å²) >= 11 is 0. The Morgan fingerprint density at radius 1 is 1.10 bits per heavy atom. The van der Waals surface area contributed by atoms with Crippen LogP contribution in [-0.4, -0.2) is 25.0 Å². The van der Waals surface area contributed by atoms with Gasteiger partial charge in [0.15, 0.2) is 0 Å². The molecule has 0 bridgehead atoms. The van der Waals surface area contributed by atoms with Crippen molar-refractivity contribution in [3.8, 4) is 0 Å². The van der Waals surface area contributed by atoms with Gasteiger partial charge in [-0.25, -0.2) is 9.18 Å². The summed E-state index contributed by atoms with van der Waals surface area (Å²) in [4.78, 5) is 15.5. The highest BCUT2D eigenvalue weighted by molar-refractivity contribution is 7.85. The first kappa shape index (κ1) is 23.2. The number of carbonyl (C=O) groups is 1. The molecule has 5 nitrogen and oxygen atoms in total. The molecule has 7 heteroatoms. The lowest BCUT2D eigenvalue weighted by atomic mass is 9.92. The van der Waals surface area contributed by atoms with Crippen LogP contribution in [0.5, 0.6) is 0 Å². The van der Waals surface area contributed by atoms with Crippen molar-refractivity contribution in [3.63, 3.8) is 0 Å².